The Morgan fingerprint density at radius 2 is 1.84 bits per heavy atom. The quantitative estimate of drug-likeness (QED) is 0.912. The maximum atomic E-state index is 10.9. The van der Waals surface area contributed by atoms with E-state index >= 15 is 0 Å². The lowest BCUT2D eigenvalue weighted by Gasteiger charge is -2.06. The molecule has 0 fully saturated rings. The van der Waals surface area contributed by atoms with E-state index in [0.29, 0.717) is 10.9 Å². The number of carboxylic acid groups (broad SMARTS) is 1. The Balaban J connectivity index is 2.16. The molecule has 0 unspecified atom stereocenters. The lowest BCUT2D eigenvalue weighted by Crippen LogP contribution is -1.99. The molecule has 0 atom stereocenters. The van der Waals surface area contributed by atoms with Crippen molar-refractivity contribution in [2.75, 3.05) is 0 Å². The maximum Gasteiger partial charge on any atom is 0.354 e. The average molecular weight is 273 g/mol. The van der Waals surface area contributed by atoms with Gasteiger partial charge in [-0.1, -0.05) is 43.8 Å². The summed E-state index contributed by atoms with van der Waals surface area (Å²) in [6.45, 7) is 4.31. The first-order valence-corrected chi connectivity index (χ1v) is 6.86. The molecule has 0 saturated carbocycles. The van der Waals surface area contributed by atoms with Crippen molar-refractivity contribution in [3.8, 4) is 0 Å². The fourth-order valence-electron chi connectivity index (χ4n) is 1.63. The largest absolute Gasteiger partial charge is 0.477 e. The molecule has 0 amide bonds. The minimum Gasteiger partial charge on any atom is -0.477 e. The second kappa shape index (κ2) is 5.89. The van der Waals surface area contributed by atoms with E-state index in [1.807, 2.05) is 18.2 Å². The number of carboxylic acids is 1. The number of carbonyl (C=O) groups is 1. The lowest BCUT2D eigenvalue weighted by atomic mass is 10.0. The molecule has 3 nitrogen and oxygen atoms in total. The summed E-state index contributed by atoms with van der Waals surface area (Å²) in [7, 11) is 0. The molecule has 19 heavy (non-hydrogen) atoms. The van der Waals surface area contributed by atoms with Gasteiger partial charge in [0.15, 0.2) is 0 Å². The minimum absolute atomic E-state index is 0.0730. The van der Waals surface area contributed by atoms with Crippen molar-refractivity contribution < 1.29 is 9.90 Å². The fraction of sp³-hybridized carbons (Fsp3) is 0.200. The van der Waals surface area contributed by atoms with E-state index in [2.05, 4.69) is 31.0 Å². The first-order valence-electron chi connectivity index (χ1n) is 6.04. The standard InChI is InChI=1S/C15H15NO2S/c1-10(2)11-6-8-12(9-7-11)19-14-5-3-4-13(16-14)15(17)18/h3-10H,1-2H3,(H,17,18). The number of benzene rings is 1. The zero-order valence-corrected chi connectivity index (χ0v) is 11.6. The predicted octanol–water partition coefficient (Wildman–Crippen LogP) is 4.05. The van der Waals surface area contributed by atoms with Crippen LogP contribution in [0.5, 0.6) is 0 Å². The molecular weight excluding hydrogens is 258 g/mol. The molecule has 2 aromatic rings. The van der Waals surface area contributed by atoms with Gasteiger partial charge in [0.05, 0.1) is 0 Å². The molecule has 2 rings (SSSR count). The second-order valence-electron chi connectivity index (χ2n) is 4.49. The van der Waals surface area contributed by atoms with Crippen molar-refractivity contribution in [1.29, 1.82) is 0 Å². The number of pyridine rings is 1. The highest BCUT2D eigenvalue weighted by Crippen LogP contribution is 2.27. The number of aromatic carboxylic acids is 1. The summed E-state index contributed by atoms with van der Waals surface area (Å²) < 4.78 is 0. The lowest BCUT2D eigenvalue weighted by molar-refractivity contribution is 0.0689. The topological polar surface area (TPSA) is 50.2 Å². The first-order chi connectivity index (χ1) is 9.06. The average Bonchev–Trinajstić information content (AvgIpc) is 2.39. The number of hydrogen-bond donors (Lipinski definition) is 1. The Morgan fingerprint density at radius 1 is 1.16 bits per heavy atom. The van der Waals surface area contributed by atoms with Gasteiger partial charge in [-0.2, -0.15) is 0 Å². The van der Waals surface area contributed by atoms with E-state index < -0.39 is 5.97 Å². The number of nitrogens with zero attached hydrogens (tertiary/aromatic N) is 1. The van der Waals surface area contributed by atoms with Crippen LogP contribution in [0.4, 0.5) is 0 Å². The second-order valence-corrected chi connectivity index (χ2v) is 5.59. The highest BCUT2D eigenvalue weighted by atomic mass is 32.2. The number of rotatable bonds is 4. The van der Waals surface area contributed by atoms with E-state index in [1.165, 1.54) is 23.4 Å². The van der Waals surface area contributed by atoms with Gasteiger partial charge in [0.2, 0.25) is 0 Å². The monoisotopic (exact) mass is 273 g/mol. The molecular formula is C15H15NO2S. The zero-order valence-electron chi connectivity index (χ0n) is 10.8. The highest BCUT2D eigenvalue weighted by molar-refractivity contribution is 7.99. The molecule has 0 aliphatic heterocycles. The van der Waals surface area contributed by atoms with Crippen LogP contribution in [0.2, 0.25) is 0 Å². The molecule has 0 bridgehead atoms. The van der Waals surface area contributed by atoms with E-state index in [0.717, 1.165) is 4.90 Å². The molecule has 0 saturated heterocycles. The van der Waals surface area contributed by atoms with Crippen LogP contribution >= 0.6 is 11.8 Å². The molecule has 98 valence electrons. The fourth-order valence-corrected chi connectivity index (χ4v) is 2.44. The first kappa shape index (κ1) is 13.6. The van der Waals surface area contributed by atoms with Crippen LogP contribution in [0.3, 0.4) is 0 Å². The summed E-state index contributed by atoms with van der Waals surface area (Å²) in [4.78, 5) is 16.0. The van der Waals surface area contributed by atoms with Gasteiger partial charge in [0, 0.05) is 4.90 Å². The van der Waals surface area contributed by atoms with Crippen LogP contribution < -0.4 is 0 Å². The molecule has 1 aromatic carbocycles. The summed E-state index contributed by atoms with van der Waals surface area (Å²) >= 11 is 1.47. The predicted molar refractivity (Wildman–Crippen MR) is 75.9 cm³/mol. The van der Waals surface area contributed by atoms with Crippen molar-refractivity contribution in [2.24, 2.45) is 0 Å². The van der Waals surface area contributed by atoms with Gasteiger partial charge in [-0.15, -0.1) is 0 Å². The molecule has 0 spiro atoms. The molecule has 0 radical (unpaired) electrons. The van der Waals surface area contributed by atoms with E-state index in [1.54, 1.807) is 6.07 Å². The van der Waals surface area contributed by atoms with E-state index in [4.69, 9.17) is 5.11 Å². The van der Waals surface area contributed by atoms with Gasteiger partial charge in [0.25, 0.3) is 0 Å². The summed E-state index contributed by atoms with van der Waals surface area (Å²) in [5.74, 6) is -0.495. The summed E-state index contributed by atoms with van der Waals surface area (Å²) in [5, 5.41) is 9.59. The Kier molecular flexibility index (Phi) is 4.22. The van der Waals surface area contributed by atoms with Crippen LogP contribution in [0.25, 0.3) is 0 Å². The van der Waals surface area contributed by atoms with Crippen molar-refractivity contribution >= 4 is 17.7 Å². The summed E-state index contributed by atoms with van der Waals surface area (Å²) in [6, 6.07) is 13.3. The zero-order chi connectivity index (χ0) is 13.8. The van der Waals surface area contributed by atoms with Crippen LogP contribution in [-0.4, -0.2) is 16.1 Å². The summed E-state index contributed by atoms with van der Waals surface area (Å²) in [6.07, 6.45) is 0. The molecule has 0 aliphatic rings. The van der Waals surface area contributed by atoms with Gasteiger partial charge < -0.3 is 5.11 Å². The number of hydrogen-bond acceptors (Lipinski definition) is 3. The highest BCUT2D eigenvalue weighted by Gasteiger charge is 2.06. The SMILES string of the molecule is CC(C)c1ccc(Sc2cccc(C(=O)O)n2)cc1. The molecule has 0 aliphatic carbocycles. The maximum absolute atomic E-state index is 10.9. The van der Waals surface area contributed by atoms with Gasteiger partial charge in [0.1, 0.15) is 10.7 Å². The van der Waals surface area contributed by atoms with E-state index in [-0.39, 0.29) is 5.69 Å². The summed E-state index contributed by atoms with van der Waals surface area (Å²) in [5.41, 5.74) is 1.36. The molecule has 1 heterocycles. The minimum atomic E-state index is -1.00. The Morgan fingerprint density at radius 3 is 2.42 bits per heavy atom. The normalized spacial score (nSPS) is 10.7. The van der Waals surface area contributed by atoms with Crippen LogP contribution in [0.15, 0.2) is 52.4 Å². The number of aromatic nitrogens is 1. The van der Waals surface area contributed by atoms with Gasteiger partial charge in [-0.3, -0.25) is 0 Å². The Hall–Kier alpha value is -1.81. The van der Waals surface area contributed by atoms with Gasteiger partial charge in [-0.05, 0) is 35.7 Å². The molecule has 1 N–H and O–H groups in total. The smallest absolute Gasteiger partial charge is 0.354 e. The third kappa shape index (κ3) is 3.58. The van der Waals surface area contributed by atoms with Crippen molar-refractivity contribution in [3.05, 3.63) is 53.7 Å². The van der Waals surface area contributed by atoms with Gasteiger partial charge in [-0.25, -0.2) is 9.78 Å². The third-order valence-electron chi connectivity index (χ3n) is 2.71. The third-order valence-corrected chi connectivity index (χ3v) is 3.66. The van der Waals surface area contributed by atoms with Crippen LogP contribution in [0, 0.1) is 0 Å². The van der Waals surface area contributed by atoms with Crippen molar-refractivity contribution in [2.45, 2.75) is 29.7 Å². The Labute approximate surface area is 116 Å². The molecule has 4 heteroatoms. The molecule has 1 aromatic heterocycles. The Bertz CT molecular complexity index is 579. The van der Waals surface area contributed by atoms with Crippen molar-refractivity contribution in [1.82, 2.24) is 4.98 Å². The van der Waals surface area contributed by atoms with Crippen LogP contribution in [-0.2, 0) is 0 Å². The van der Waals surface area contributed by atoms with Crippen molar-refractivity contribution in [3.63, 3.8) is 0 Å². The van der Waals surface area contributed by atoms with Gasteiger partial charge >= 0.3 is 5.97 Å². The van der Waals surface area contributed by atoms with Crippen LogP contribution in [0.1, 0.15) is 35.8 Å². The van der Waals surface area contributed by atoms with E-state index in [9.17, 15) is 4.79 Å².